The number of rotatable bonds is 4. The third-order valence-corrected chi connectivity index (χ3v) is 3.10. The quantitative estimate of drug-likeness (QED) is 0.632. The van der Waals surface area contributed by atoms with Crippen molar-refractivity contribution in [3.8, 4) is 0 Å². The van der Waals surface area contributed by atoms with Crippen LogP contribution in [0.25, 0.3) is 0 Å². The molecule has 106 valence electrons. The molecular weight excluding hydrogens is 258 g/mol. The molecule has 0 spiro atoms. The summed E-state index contributed by atoms with van der Waals surface area (Å²) in [5.41, 5.74) is -1.19. The van der Waals surface area contributed by atoms with Gasteiger partial charge in [0.2, 0.25) is 0 Å². The van der Waals surface area contributed by atoms with E-state index in [0.717, 1.165) is 4.57 Å². The number of hydrogen-bond donors (Lipinski definition) is 3. The predicted octanol–water partition coefficient (Wildman–Crippen LogP) is -1.31. The molecule has 0 unspecified atom stereocenters. The summed E-state index contributed by atoms with van der Waals surface area (Å²) < 4.78 is 18.7. The van der Waals surface area contributed by atoms with Crippen LogP contribution in [0.15, 0.2) is 15.8 Å². The summed E-state index contributed by atoms with van der Waals surface area (Å²) in [4.78, 5) is 25.2. The minimum Gasteiger partial charge on any atom is -0.394 e. The molecule has 2 rings (SSSR count). The van der Waals surface area contributed by atoms with Gasteiger partial charge in [0.25, 0.3) is 5.56 Å². The Morgan fingerprint density at radius 3 is 2.84 bits per heavy atom. The second-order valence-corrected chi connectivity index (χ2v) is 4.37. The lowest BCUT2D eigenvalue weighted by molar-refractivity contribution is -0.0460. The minimum atomic E-state index is -0.890. The van der Waals surface area contributed by atoms with Gasteiger partial charge >= 0.3 is 5.69 Å². The maximum absolute atomic E-state index is 12.3. The van der Waals surface area contributed by atoms with Gasteiger partial charge in [-0.15, -0.1) is 0 Å². The molecular formula is C11H15FN2O5. The summed E-state index contributed by atoms with van der Waals surface area (Å²) in [6.45, 7) is -1.08. The molecule has 0 radical (unpaired) electrons. The number of nitrogens with zero attached hydrogens (tertiary/aromatic N) is 1. The summed E-state index contributed by atoms with van der Waals surface area (Å²) in [5, 5.41) is 18.6. The van der Waals surface area contributed by atoms with E-state index >= 15 is 0 Å². The SMILES string of the molecule is O=c1[nH]c(=O)n([C@H]2C[C@H](O)[C@@H](CO)O2)cc1CC[18F]. The van der Waals surface area contributed by atoms with Crippen LogP contribution in [0.4, 0.5) is 4.39 Å². The van der Waals surface area contributed by atoms with E-state index < -0.39 is 36.4 Å². The highest BCUT2D eigenvalue weighted by molar-refractivity contribution is 5.05. The number of H-pyrrole nitrogens is 1. The first-order valence-corrected chi connectivity index (χ1v) is 5.91. The molecule has 1 aromatic heterocycles. The van der Waals surface area contributed by atoms with Crippen molar-refractivity contribution in [2.45, 2.75) is 31.3 Å². The Morgan fingerprint density at radius 1 is 1.53 bits per heavy atom. The van der Waals surface area contributed by atoms with Crippen LogP contribution in [0.1, 0.15) is 18.2 Å². The third kappa shape index (κ3) is 2.75. The van der Waals surface area contributed by atoms with E-state index in [2.05, 4.69) is 4.98 Å². The van der Waals surface area contributed by atoms with E-state index in [1.807, 2.05) is 0 Å². The van der Waals surface area contributed by atoms with Gasteiger partial charge in [-0.3, -0.25) is 18.7 Å². The number of aryl methyl sites for hydroxylation is 1. The Bertz CT molecular complexity index is 555. The molecule has 2 heterocycles. The lowest BCUT2D eigenvalue weighted by Gasteiger charge is -2.15. The van der Waals surface area contributed by atoms with Crippen LogP contribution in [-0.4, -0.2) is 45.3 Å². The van der Waals surface area contributed by atoms with E-state index in [4.69, 9.17) is 9.84 Å². The van der Waals surface area contributed by atoms with Gasteiger partial charge in [0.15, 0.2) is 0 Å². The first-order valence-electron chi connectivity index (χ1n) is 5.91. The fraction of sp³-hybridized carbons (Fsp3) is 0.636. The summed E-state index contributed by atoms with van der Waals surface area (Å²) in [6, 6.07) is 0. The molecule has 1 saturated heterocycles. The highest BCUT2D eigenvalue weighted by atomic mass is 18.2. The monoisotopic (exact) mass is 273 g/mol. The fourth-order valence-corrected chi connectivity index (χ4v) is 2.07. The Morgan fingerprint density at radius 2 is 2.26 bits per heavy atom. The lowest BCUT2D eigenvalue weighted by Crippen LogP contribution is -2.34. The molecule has 1 aliphatic rings. The van der Waals surface area contributed by atoms with E-state index in [1.165, 1.54) is 6.20 Å². The molecule has 0 aromatic carbocycles. The van der Waals surface area contributed by atoms with E-state index in [-0.39, 0.29) is 25.0 Å². The zero-order valence-electron chi connectivity index (χ0n) is 10.1. The van der Waals surface area contributed by atoms with E-state index in [0.29, 0.717) is 0 Å². The van der Waals surface area contributed by atoms with Crippen LogP contribution < -0.4 is 11.2 Å². The number of aromatic nitrogens is 2. The van der Waals surface area contributed by atoms with Crippen molar-refractivity contribution in [1.29, 1.82) is 0 Å². The number of ether oxygens (including phenoxy) is 1. The number of hydrogen-bond acceptors (Lipinski definition) is 5. The van der Waals surface area contributed by atoms with Crippen molar-refractivity contribution in [3.63, 3.8) is 0 Å². The van der Waals surface area contributed by atoms with Crippen molar-refractivity contribution >= 4 is 0 Å². The van der Waals surface area contributed by atoms with E-state index in [9.17, 15) is 19.1 Å². The van der Waals surface area contributed by atoms with Gasteiger partial charge in [0.05, 0.1) is 19.4 Å². The number of nitrogens with one attached hydrogen (secondary N) is 1. The molecule has 19 heavy (non-hydrogen) atoms. The molecule has 0 bridgehead atoms. The molecule has 0 aliphatic carbocycles. The van der Waals surface area contributed by atoms with Crippen molar-refractivity contribution < 1.29 is 19.3 Å². The minimum absolute atomic E-state index is 0.103. The lowest BCUT2D eigenvalue weighted by atomic mass is 10.2. The Labute approximate surface area is 107 Å². The second kappa shape index (κ2) is 5.64. The molecule has 0 amide bonds. The molecule has 7 nitrogen and oxygen atoms in total. The van der Waals surface area contributed by atoms with Crippen molar-refractivity contribution in [3.05, 3.63) is 32.6 Å². The van der Waals surface area contributed by atoms with Crippen LogP contribution >= 0.6 is 0 Å². The van der Waals surface area contributed by atoms with Gasteiger partial charge in [0.1, 0.15) is 12.3 Å². The zero-order chi connectivity index (χ0) is 14.0. The van der Waals surface area contributed by atoms with Gasteiger partial charge in [-0.05, 0) is 0 Å². The standard InChI is InChI=1S/C11H15FN2O5/c12-2-1-6-4-14(11(18)13-10(6)17)9-3-7(16)8(5-15)19-9/h4,7-9,15-16H,1-3,5H2,(H,13,17,18)/t7-,8+,9+/m0/s1/i12-1. The molecule has 8 heteroatoms. The second-order valence-electron chi connectivity index (χ2n) is 4.37. The van der Waals surface area contributed by atoms with Crippen molar-refractivity contribution in [2.75, 3.05) is 13.3 Å². The maximum Gasteiger partial charge on any atom is 0.330 e. The van der Waals surface area contributed by atoms with Crippen LogP contribution in [0.5, 0.6) is 0 Å². The first kappa shape index (κ1) is 13.9. The molecule has 1 aromatic rings. The fourth-order valence-electron chi connectivity index (χ4n) is 2.07. The maximum atomic E-state index is 12.3. The Balaban J connectivity index is 2.33. The number of aromatic amines is 1. The zero-order valence-corrected chi connectivity index (χ0v) is 10.1. The van der Waals surface area contributed by atoms with Crippen LogP contribution in [0, 0.1) is 0 Å². The molecule has 0 saturated carbocycles. The highest BCUT2D eigenvalue weighted by Gasteiger charge is 2.35. The largest absolute Gasteiger partial charge is 0.394 e. The average molecular weight is 273 g/mol. The van der Waals surface area contributed by atoms with Gasteiger partial charge in [-0.2, -0.15) is 0 Å². The first-order chi connectivity index (χ1) is 9.06. The summed E-state index contributed by atoms with van der Waals surface area (Å²) in [6.07, 6.45) is -1.19. The van der Waals surface area contributed by atoms with Crippen LogP contribution in [-0.2, 0) is 11.2 Å². The smallest absolute Gasteiger partial charge is 0.330 e. The van der Waals surface area contributed by atoms with Gasteiger partial charge in [-0.25, -0.2) is 4.79 Å². The number of alkyl halides is 1. The summed E-state index contributed by atoms with van der Waals surface area (Å²) >= 11 is 0. The average Bonchev–Trinajstić information content (AvgIpc) is 2.74. The van der Waals surface area contributed by atoms with E-state index in [1.54, 1.807) is 0 Å². The third-order valence-electron chi connectivity index (χ3n) is 3.10. The Kier molecular flexibility index (Phi) is 4.13. The number of halogens is 1. The predicted molar refractivity (Wildman–Crippen MR) is 62.6 cm³/mol. The normalized spacial score (nSPS) is 26.8. The number of aliphatic hydroxyl groups excluding tert-OH is 2. The summed E-state index contributed by atoms with van der Waals surface area (Å²) in [5.74, 6) is 0. The van der Waals surface area contributed by atoms with Crippen LogP contribution in [0.3, 0.4) is 0 Å². The van der Waals surface area contributed by atoms with Gasteiger partial charge in [-0.1, -0.05) is 0 Å². The van der Waals surface area contributed by atoms with Crippen molar-refractivity contribution in [2.24, 2.45) is 0 Å². The molecule has 3 atom stereocenters. The number of aliphatic hydroxyl groups is 2. The van der Waals surface area contributed by atoms with Gasteiger partial charge < -0.3 is 14.9 Å². The molecule has 3 N–H and O–H groups in total. The highest BCUT2D eigenvalue weighted by Crippen LogP contribution is 2.27. The Hall–Kier alpha value is -1.51. The van der Waals surface area contributed by atoms with Gasteiger partial charge in [0, 0.05) is 24.6 Å². The topological polar surface area (TPSA) is 105 Å². The summed E-state index contributed by atoms with van der Waals surface area (Å²) in [7, 11) is 0. The van der Waals surface area contributed by atoms with Crippen molar-refractivity contribution in [1.82, 2.24) is 9.55 Å². The molecule has 1 fully saturated rings. The molecule has 1 aliphatic heterocycles. The van der Waals surface area contributed by atoms with Crippen LogP contribution in [0.2, 0.25) is 0 Å².